The lowest BCUT2D eigenvalue weighted by Gasteiger charge is -2.28. The van der Waals surface area contributed by atoms with E-state index in [1.165, 1.54) is 0 Å². The number of carbonyl (C=O) groups excluding carboxylic acids is 2. The minimum atomic E-state index is -0.706. The van der Waals surface area contributed by atoms with Crippen molar-refractivity contribution in [2.75, 3.05) is 0 Å². The van der Waals surface area contributed by atoms with Gasteiger partial charge in [0.25, 0.3) is 11.8 Å². The van der Waals surface area contributed by atoms with Crippen LogP contribution in [-0.2, 0) is 5.41 Å². The number of nitrogens with zero attached hydrogens (tertiary/aromatic N) is 6. The van der Waals surface area contributed by atoms with Crippen LogP contribution in [0, 0.1) is 0 Å². The molecule has 2 amide bonds. The Labute approximate surface area is 198 Å². The van der Waals surface area contributed by atoms with Crippen LogP contribution in [0.4, 0.5) is 0 Å². The first-order valence-corrected chi connectivity index (χ1v) is 10.9. The molecule has 0 fully saturated rings. The molecule has 0 unspecified atom stereocenters. The maximum Gasteiger partial charge on any atom is 0.251 e. The van der Waals surface area contributed by atoms with Gasteiger partial charge >= 0.3 is 0 Å². The lowest BCUT2D eigenvalue weighted by molar-refractivity contribution is 0.0990. The molecule has 0 heterocycles. The molecule has 2 aromatic rings. The Hall–Kier alpha value is -1.68. The van der Waals surface area contributed by atoms with E-state index in [-0.39, 0.29) is 11.1 Å². The summed E-state index contributed by atoms with van der Waals surface area (Å²) in [6.07, 6.45) is 0. The molecule has 0 saturated carbocycles. The maximum atomic E-state index is 12.0. The first-order chi connectivity index (χ1) is 13.5. The molecular weight excluding hydrogens is 640 g/mol. The molecule has 0 radical (unpaired) electrons. The highest BCUT2D eigenvalue weighted by molar-refractivity contribution is 9.11. The van der Waals surface area contributed by atoms with Crippen LogP contribution in [0.2, 0.25) is 0 Å². The fourth-order valence-electron chi connectivity index (χ4n) is 2.62. The summed E-state index contributed by atoms with van der Waals surface area (Å²) < 4.78 is 1.89. The quantitative estimate of drug-likeness (QED) is 0.189. The van der Waals surface area contributed by atoms with Crippen molar-refractivity contribution in [3.05, 3.63) is 85.3 Å². The smallest absolute Gasteiger partial charge is 0.251 e. The van der Waals surface area contributed by atoms with Crippen LogP contribution in [-0.4, -0.2) is 11.8 Å². The first-order valence-electron chi connectivity index (χ1n) is 7.72. The molecule has 2 aromatic carbocycles. The first kappa shape index (κ1) is 23.6. The predicted octanol–water partition coefficient (Wildman–Crippen LogP) is 7.96. The van der Waals surface area contributed by atoms with Gasteiger partial charge in [0.05, 0.1) is 11.1 Å². The third-order valence-electron chi connectivity index (χ3n) is 4.23. The Bertz CT molecular complexity index is 1000. The van der Waals surface area contributed by atoms with Crippen molar-refractivity contribution in [3.8, 4) is 0 Å². The fraction of sp³-hybridized carbons (Fsp3) is 0.176. The molecule has 0 aliphatic carbocycles. The van der Waals surface area contributed by atoms with Gasteiger partial charge in [-0.3, -0.25) is 9.59 Å². The molecule has 0 atom stereocenters. The Morgan fingerprint density at radius 3 is 1.28 bits per heavy atom. The molecular formula is C17H10Br4N6O2. The number of rotatable bonds is 4. The fourth-order valence-corrected chi connectivity index (χ4v) is 5.68. The van der Waals surface area contributed by atoms with E-state index in [0.717, 1.165) is 11.1 Å². The molecule has 29 heavy (non-hydrogen) atoms. The van der Waals surface area contributed by atoms with Gasteiger partial charge in [-0.05, 0) is 120 Å². The van der Waals surface area contributed by atoms with Crippen LogP contribution in [0.3, 0.4) is 0 Å². The highest BCUT2D eigenvalue weighted by atomic mass is 79.9. The average Bonchev–Trinajstić information content (AvgIpc) is 2.60. The summed E-state index contributed by atoms with van der Waals surface area (Å²) in [7, 11) is 0. The third-order valence-corrected chi connectivity index (χ3v) is 6.73. The van der Waals surface area contributed by atoms with Crippen molar-refractivity contribution >= 4 is 75.5 Å². The van der Waals surface area contributed by atoms with Gasteiger partial charge in [-0.25, -0.2) is 0 Å². The molecule has 0 saturated heterocycles. The molecule has 0 aliphatic heterocycles. The van der Waals surface area contributed by atoms with Gasteiger partial charge in [0.2, 0.25) is 0 Å². The molecule has 12 heteroatoms. The van der Waals surface area contributed by atoms with E-state index in [4.69, 9.17) is 11.1 Å². The second-order valence-corrected chi connectivity index (χ2v) is 9.66. The summed E-state index contributed by atoms with van der Waals surface area (Å²) in [5.74, 6) is -1.41. The number of hydrogen-bond donors (Lipinski definition) is 0. The summed E-state index contributed by atoms with van der Waals surface area (Å²) in [5.41, 5.74) is 18.6. The van der Waals surface area contributed by atoms with Crippen molar-refractivity contribution < 1.29 is 9.59 Å². The van der Waals surface area contributed by atoms with Gasteiger partial charge in [-0.1, -0.05) is 13.8 Å². The van der Waals surface area contributed by atoms with Crippen LogP contribution in [0.25, 0.3) is 20.9 Å². The van der Waals surface area contributed by atoms with E-state index >= 15 is 0 Å². The monoisotopic (exact) mass is 646 g/mol. The van der Waals surface area contributed by atoms with E-state index in [0.29, 0.717) is 17.9 Å². The summed E-state index contributed by atoms with van der Waals surface area (Å²) in [6.45, 7) is 3.94. The average molecular weight is 650 g/mol. The molecule has 2 rings (SSSR count). The number of hydrogen-bond acceptors (Lipinski definition) is 2. The van der Waals surface area contributed by atoms with E-state index in [9.17, 15) is 9.59 Å². The Morgan fingerprint density at radius 1 is 0.759 bits per heavy atom. The second-order valence-electron chi connectivity index (χ2n) is 6.24. The molecule has 0 aromatic heterocycles. The minimum Gasteiger partial charge on any atom is -0.287 e. The zero-order valence-corrected chi connectivity index (χ0v) is 21.2. The molecule has 0 aliphatic rings. The third kappa shape index (κ3) is 4.91. The summed E-state index contributed by atoms with van der Waals surface area (Å²) >= 11 is 13.5. The minimum absolute atomic E-state index is 0.222. The van der Waals surface area contributed by atoms with Crippen LogP contribution in [0.1, 0.15) is 45.7 Å². The molecule has 8 nitrogen and oxygen atoms in total. The van der Waals surface area contributed by atoms with E-state index in [2.05, 4.69) is 83.8 Å². The van der Waals surface area contributed by atoms with Crippen molar-refractivity contribution in [2.24, 2.45) is 10.2 Å². The summed E-state index contributed by atoms with van der Waals surface area (Å²) in [6, 6.07) is 7.08. The topological polar surface area (TPSA) is 132 Å². The van der Waals surface area contributed by atoms with Crippen molar-refractivity contribution in [1.29, 1.82) is 0 Å². The molecule has 0 bridgehead atoms. The van der Waals surface area contributed by atoms with Crippen molar-refractivity contribution in [3.63, 3.8) is 0 Å². The number of azide groups is 2. The van der Waals surface area contributed by atoms with Crippen LogP contribution in [0.5, 0.6) is 0 Å². The number of benzene rings is 2. The maximum absolute atomic E-state index is 12.0. The van der Waals surface area contributed by atoms with E-state index in [1.54, 1.807) is 24.3 Å². The van der Waals surface area contributed by atoms with Gasteiger partial charge < -0.3 is 0 Å². The lowest BCUT2D eigenvalue weighted by Crippen LogP contribution is -2.20. The number of halogens is 4. The highest BCUT2D eigenvalue weighted by Gasteiger charge is 2.28. The van der Waals surface area contributed by atoms with Gasteiger partial charge in [0, 0.05) is 33.1 Å². The SMILES string of the molecule is CC(C)(c1cc(Br)c(C(=O)N=[N+]=[N-])c(Br)c1)c1cc(Br)c(C(=O)N=[N+]=[N-])c(Br)c1. The van der Waals surface area contributed by atoms with E-state index in [1.807, 2.05) is 13.8 Å². The number of carbonyl (C=O) groups is 2. The van der Waals surface area contributed by atoms with Crippen molar-refractivity contribution in [1.82, 2.24) is 0 Å². The van der Waals surface area contributed by atoms with Crippen LogP contribution >= 0.6 is 63.7 Å². The van der Waals surface area contributed by atoms with E-state index < -0.39 is 17.2 Å². The predicted molar refractivity (Wildman–Crippen MR) is 123 cm³/mol. The van der Waals surface area contributed by atoms with Gasteiger partial charge in [0.15, 0.2) is 0 Å². The molecule has 148 valence electrons. The van der Waals surface area contributed by atoms with Gasteiger partial charge in [0.1, 0.15) is 0 Å². The van der Waals surface area contributed by atoms with Crippen molar-refractivity contribution in [2.45, 2.75) is 19.3 Å². The zero-order valence-electron chi connectivity index (χ0n) is 14.8. The Kier molecular flexibility index (Phi) is 7.67. The van der Waals surface area contributed by atoms with Crippen LogP contribution < -0.4 is 0 Å². The van der Waals surface area contributed by atoms with Gasteiger partial charge in [-0.2, -0.15) is 0 Å². The summed E-state index contributed by atoms with van der Waals surface area (Å²) in [5, 5.41) is 6.27. The molecule has 0 spiro atoms. The Morgan fingerprint density at radius 2 is 1.03 bits per heavy atom. The number of amides is 2. The highest BCUT2D eigenvalue weighted by Crippen LogP contribution is 2.40. The van der Waals surface area contributed by atoms with Gasteiger partial charge in [-0.15, -0.1) is 0 Å². The lowest BCUT2D eigenvalue weighted by atomic mass is 9.77. The zero-order chi connectivity index (χ0) is 21.9. The second kappa shape index (κ2) is 9.42. The molecule has 0 N–H and O–H groups in total. The Balaban J connectivity index is 2.61. The summed E-state index contributed by atoms with van der Waals surface area (Å²) in [4.78, 5) is 29.1. The largest absolute Gasteiger partial charge is 0.287 e. The standard InChI is InChI=1S/C17H10Br4N6O2/c1-17(2,7-3-9(18)13(10(19)4-7)15(28)24-26-22)8-5-11(20)14(12(21)6-8)16(29)25-27-23/h3-6H,1-2H3. The normalized spacial score (nSPS) is 10.7. The van der Waals surface area contributed by atoms with Crippen LogP contribution in [0.15, 0.2) is 52.4 Å².